The smallest absolute Gasteiger partial charge is 0.313 e. The highest BCUT2D eigenvalue weighted by molar-refractivity contribution is 5.95. The fourth-order valence-electron chi connectivity index (χ4n) is 1.77. The van der Waals surface area contributed by atoms with E-state index in [0.29, 0.717) is 0 Å². The molecule has 0 saturated heterocycles. The van der Waals surface area contributed by atoms with E-state index in [4.69, 9.17) is 5.73 Å². The van der Waals surface area contributed by atoms with Gasteiger partial charge in [0.25, 0.3) is 0 Å². The van der Waals surface area contributed by atoms with Crippen LogP contribution in [0.15, 0.2) is 41.5 Å². The molecule has 21 heavy (non-hydrogen) atoms. The fraction of sp³-hybridized carbons (Fsp3) is 0.143. The predicted molar refractivity (Wildman–Crippen MR) is 81.7 cm³/mol. The van der Waals surface area contributed by atoms with Crippen molar-refractivity contribution in [2.45, 2.75) is 13.8 Å². The van der Waals surface area contributed by atoms with Crippen molar-refractivity contribution in [3.8, 4) is 0 Å². The van der Waals surface area contributed by atoms with Crippen molar-refractivity contribution >= 4 is 23.2 Å². The summed E-state index contributed by atoms with van der Waals surface area (Å²) in [4.78, 5) is 18.2. The molecular formula is C14H15N5O2. The first-order valence-electron chi connectivity index (χ1n) is 6.25. The van der Waals surface area contributed by atoms with Gasteiger partial charge in [-0.15, -0.1) is 0 Å². The van der Waals surface area contributed by atoms with Crippen LogP contribution in [0.1, 0.15) is 11.1 Å². The highest BCUT2D eigenvalue weighted by atomic mass is 16.6. The number of benzene rings is 1. The van der Waals surface area contributed by atoms with Crippen LogP contribution >= 0.6 is 0 Å². The van der Waals surface area contributed by atoms with Gasteiger partial charge in [0.05, 0.1) is 4.92 Å². The van der Waals surface area contributed by atoms with Crippen molar-refractivity contribution in [3.63, 3.8) is 0 Å². The van der Waals surface area contributed by atoms with Crippen molar-refractivity contribution in [2.75, 3.05) is 5.32 Å². The lowest BCUT2D eigenvalue weighted by atomic mass is 10.1. The summed E-state index contributed by atoms with van der Waals surface area (Å²) >= 11 is 0. The van der Waals surface area contributed by atoms with E-state index >= 15 is 0 Å². The number of nitrogens with two attached hydrogens (primary N) is 1. The van der Waals surface area contributed by atoms with Gasteiger partial charge in [-0.25, -0.2) is 4.98 Å². The van der Waals surface area contributed by atoms with Crippen LogP contribution in [-0.2, 0) is 0 Å². The van der Waals surface area contributed by atoms with Crippen LogP contribution in [0.2, 0.25) is 0 Å². The minimum absolute atomic E-state index is 0.0298. The summed E-state index contributed by atoms with van der Waals surface area (Å²) in [5.74, 6) is 0.0170. The van der Waals surface area contributed by atoms with Gasteiger partial charge in [0.1, 0.15) is 0 Å². The molecule has 0 radical (unpaired) electrons. The van der Waals surface area contributed by atoms with Gasteiger partial charge in [0, 0.05) is 18.0 Å². The number of rotatable bonds is 3. The number of hydrogen-bond acceptors (Lipinski definition) is 4. The molecule has 1 aromatic carbocycles. The Morgan fingerprint density at radius 1 is 1.38 bits per heavy atom. The van der Waals surface area contributed by atoms with Crippen LogP contribution in [-0.4, -0.2) is 15.9 Å². The summed E-state index contributed by atoms with van der Waals surface area (Å²) in [5.41, 5.74) is 8.48. The number of aliphatic imine (C=N–C) groups is 1. The molecule has 7 nitrogen and oxygen atoms in total. The number of nitrogens with zero attached hydrogens (tertiary/aromatic N) is 3. The minimum Gasteiger partial charge on any atom is -0.369 e. The average Bonchev–Trinajstić information content (AvgIpc) is 2.43. The van der Waals surface area contributed by atoms with Crippen molar-refractivity contribution in [3.05, 3.63) is 57.8 Å². The number of aromatic nitrogens is 1. The van der Waals surface area contributed by atoms with Gasteiger partial charge in [-0.1, -0.05) is 12.1 Å². The summed E-state index contributed by atoms with van der Waals surface area (Å²) in [7, 11) is 0. The summed E-state index contributed by atoms with van der Waals surface area (Å²) in [6, 6.07) is 8.67. The lowest BCUT2D eigenvalue weighted by Crippen LogP contribution is -2.22. The third-order valence-electron chi connectivity index (χ3n) is 2.84. The Bertz CT molecular complexity index is 712. The lowest BCUT2D eigenvalue weighted by molar-refractivity contribution is -0.384. The zero-order valence-electron chi connectivity index (χ0n) is 11.7. The molecule has 0 aliphatic rings. The molecule has 0 spiro atoms. The molecular weight excluding hydrogens is 270 g/mol. The molecule has 2 rings (SSSR count). The first-order chi connectivity index (χ1) is 9.97. The molecule has 1 heterocycles. The van der Waals surface area contributed by atoms with Crippen LogP contribution in [0.3, 0.4) is 0 Å². The zero-order chi connectivity index (χ0) is 15.4. The molecule has 0 unspecified atom stereocenters. The Hall–Kier alpha value is -2.96. The van der Waals surface area contributed by atoms with E-state index in [2.05, 4.69) is 15.3 Å². The number of hydrogen-bond donors (Lipinski definition) is 2. The predicted octanol–water partition coefficient (Wildman–Crippen LogP) is 2.66. The van der Waals surface area contributed by atoms with Crippen LogP contribution in [0.25, 0.3) is 0 Å². The molecule has 0 atom stereocenters. The maximum atomic E-state index is 10.9. The van der Waals surface area contributed by atoms with Crippen molar-refractivity contribution in [1.82, 2.24) is 4.98 Å². The van der Waals surface area contributed by atoms with Crippen LogP contribution in [0.5, 0.6) is 0 Å². The van der Waals surface area contributed by atoms with E-state index < -0.39 is 4.92 Å². The first kappa shape index (κ1) is 14.4. The molecule has 7 heteroatoms. The number of anilines is 1. The number of nitrogens with one attached hydrogen (secondary N) is 1. The molecule has 1 aromatic heterocycles. The molecule has 0 amide bonds. The normalized spacial score (nSPS) is 11.2. The second-order valence-corrected chi connectivity index (χ2v) is 4.54. The third kappa shape index (κ3) is 3.53. The number of guanidine groups is 1. The molecule has 0 aliphatic carbocycles. The maximum Gasteiger partial charge on any atom is 0.313 e. The summed E-state index contributed by atoms with van der Waals surface area (Å²) < 4.78 is 0. The highest BCUT2D eigenvalue weighted by Gasteiger charge is 2.13. The Balaban J connectivity index is 2.30. The van der Waals surface area contributed by atoms with Crippen molar-refractivity contribution in [2.24, 2.45) is 10.7 Å². The second-order valence-electron chi connectivity index (χ2n) is 4.54. The van der Waals surface area contributed by atoms with Crippen molar-refractivity contribution < 1.29 is 4.92 Å². The summed E-state index contributed by atoms with van der Waals surface area (Å²) in [6.07, 6.45) is 1.43. The van der Waals surface area contributed by atoms with Crippen molar-refractivity contribution in [1.29, 1.82) is 0 Å². The standard InChI is InChI=1S/C14H15N5O2/c1-9-5-6-10(2)11(8-9)17-14(15)18-13-12(19(20)21)4-3-7-16-13/h3-8H,1-2H3,(H3,15,16,17,18). The van der Waals surface area contributed by atoms with Gasteiger partial charge in [0.2, 0.25) is 5.82 Å². The van der Waals surface area contributed by atoms with Gasteiger partial charge in [-0.3, -0.25) is 10.1 Å². The molecule has 0 saturated carbocycles. The van der Waals surface area contributed by atoms with E-state index in [1.54, 1.807) is 0 Å². The minimum atomic E-state index is -0.545. The number of aryl methyl sites for hydroxylation is 2. The molecule has 0 aliphatic heterocycles. The largest absolute Gasteiger partial charge is 0.369 e. The Kier molecular flexibility index (Phi) is 4.13. The molecule has 108 valence electrons. The SMILES string of the molecule is Cc1ccc(C)c(N/C(N)=N/c2ncccc2[N+](=O)[O-])c1. The van der Waals surface area contributed by atoms with Crippen LogP contribution in [0.4, 0.5) is 17.2 Å². The van der Waals surface area contributed by atoms with Gasteiger partial charge in [-0.2, -0.15) is 4.99 Å². The van der Waals surface area contributed by atoms with Gasteiger partial charge in [0.15, 0.2) is 5.96 Å². The Morgan fingerprint density at radius 2 is 2.14 bits per heavy atom. The van der Waals surface area contributed by atoms with E-state index in [1.165, 1.54) is 18.3 Å². The fourth-order valence-corrected chi connectivity index (χ4v) is 1.77. The Labute approximate surface area is 121 Å². The summed E-state index contributed by atoms with van der Waals surface area (Å²) in [6.45, 7) is 3.89. The quantitative estimate of drug-likeness (QED) is 0.390. The van der Waals surface area contributed by atoms with E-state index in [-0.39, 0.29) is 17.5 Å². The van der Waals surface area contributed by atoms with Gasteiger partial charge in [-0.05, 0) is 37.1 Å². The average molecular weight is 285 g/mol. The van der Waals surface area contributed by atoms with E-state index in [1.807, 2.05) is 32.0 Å². The highest BCUT2D eigenvalue weighted by Crippen LogP contribution is 2.23. The number of nitro groups is 1. The number of pyridine rings is 1. The third-order valence-corrected chi connectivity index (χ3v) is 2.84. The lowest BCUT2D eigenvalue weighted by Gasteiger charge is -2.09. The molecule has 3 N–H and O–H groups in total. The molecule has 0 bridgehead atoms. The second kappa shape index (κ2) is 6.00. The van der Waals surface area contributed by atoms with E-state index in [9.17, 15) is 10.1 Å². The topological polar surface area (TPSA) is 106 Å². The zero-order valence-corrected chi connectivity index (χ0v) is 11.7. The molecule has 2 aromatic rings. The van der Waals surface area contributed by atoms with Crippen LogP contribution < -0.4 is 11.1 Å². The van der Waals surface area contributed by atoms with E-state index in [0.717, 1.165) is 16.8 Å². The van der Waals surface area contributed by atoms with Crippen LogP contribution in [0, 0.1) is 24.0 Å². The monoisotopic (exact) mass is 285 g/mol. The first-order valence-corrected chi connectivity index (χ1v) is 6.25. The summed E-state index contributed by atoms with van der Waals surface area (Å²) in [5, 5.41) is 13.8. The van der Waals surface area contributed by atoms with Gasteiger partial charge >= 0.3 is 5.69 Å². The van der Waals surface area contributed by atoms with Gasteiger partial charge < -0.3 is 11.1 Å². The molecule has 0 fully saturated rings. The Morgan fingerprint density at radius 3 is 2.86 bits per heavy atom. The maximum absolute atomic E-state index is 10.9.